The summed E-state index contributed by atoms with van der Waals surface area (Å²) in [6.45, 7) is 8.48. The van der Waals surface area contributed by atoms with E-state index in [1.807, 2.05) is 0 Å². The molecule has 4 heteroatoms. The fourth-order valence-corrected chi connectivity index (χ4v) is 1.57. The van der Waals surface area contributed by atoms with Crippen LogP contribution in [0.3, 0.4) is 0 Å². The van der Waals surface area contributed by atoms with Crippen LogP contribution in [0, 0.1) is 5.21 Å². The van der Waals surface area contributed by atoms with Crippen LogP contribution >= 0.6 is 0 Å². The van der Waals surface area contributed by atoms with Gasteiger partial charge in [-0.15, -0.1) is 5.21 Å². The van der Waals surface area contributed by atoms with Gasteiger partial charge in [-0.2, -0.15) is 4.74 Å². The van der Waals surface area contributed by atoms with Gasteiger partial charge in [-0.1, -0.05) is 5.06 Å². The maximum atomic E-state index is 11.6. The third-order valence-electron chi connectivity index (χ3n) is 2.69. The highest BCUT2D eigenvalue weighted by Gasteiger charge is 2.55. The Morgan fingerprint density at radius 1 is 1.33 bits per heavy atom. The van der Waals surface area contributed by atoms with Crippen molar-refractivity contribution in [1.82, 2.24) is 5.06 Å². The second-order valence-corrected chi connectivity index (χ2v) is 4.23. The van der Waals surface area contributed by atoms with Crippen molar-refractivity contribution >= 4 is 5.71 Å². The van der Waals surface area contributed by atoms with Crippen LogP contribution in [0.1, 0.15) is 34.6 Å². The van der Waals surface area contributed by atoms with E-state index in [9.17, 15) is 10.4 Å². The minimum absolute atomic E-state index is 0.572. The van der Waals surface area contributed by atoms with E-state index in [2.05, 4.69) is 0 Å². The fourth-order valence-electron chi connectivity index (χ4n) is 1.57. The van der Waals surface area contributed by atoms with Gasteiger partial charge in [0.25, 0.3) is 0 Å². The van der Waals surface area contributed by atoms with Gasteiger partial charge in [0.15, 0.2) is 5.71 Å². The molecule has 1 radical (unpaired) electrons. The molecular weight excluding hydrogens is 156 g/mol. The molecule has 1 aliphatic heterocycles. The topological polar surface area (TPSA) is 49.2 Å². The smallest absolute Gasteiger partial charge is 0.248 e. The summed E-state index contributed by atoms with van der Waals surface area (Å²) < 4.78 is 0.792. The Kier molecular flexibility index (Phi) is 1.74. The Morgan fingerprint density at radius 2 is 1.75 bits per heavy atom. The summed E-state index contributed by atoms with van der Waals surface area (Å²) >= 11 is 0. The molecular formula is C8H15N2O2. The fraction of sp³-hybridized carbons (Fsp3) is 0.875. The minimum atomic E-state index is -0.965. The van der Waals surface area contributed by atoms with Crippen LogP contribution in [0.4, 0.5) is 0 Å². The van der Waals surface area contributed by atoms with E-state index in [-0.39, 0.29) is 0 Å². The molecule has 0 unspecified atom stereocenters. The van der Waals surface area contributed by atoms with Gasteiger partial charge in [0.05, 0.1) is 0 Å². The predicted octanol–water partition coefficient (Wildman–Crippen LogP) is 1.13. The minimum Gasteiger partial charge on any atom is -0.622 e. The molecule has 0 bridgehead atoms. The van der Waals surface area contributed by atoms with Crippen molar-refractivity contribution in [3.8, 4) is 0 Å². The number of nitrogens with zero attached hydrogens (tertiary/aromatic N) is 2. The molecule has 0 amide bonds. The van der Waals surface area contributed by atoms with Crippen molar-refractivity contribution in [2.24, 2.45) is 0 Å². The van der Waals surface area contributed by atoms with E-state index in [1.165, 1.54) is 0 Å². The van der Waals surface area contributed by atoms with Gasteiger partial charge < -0.3 is 5.21 Å². The van der Waals surface area contributed by atoms with Gasteiger partial charge >= 0.3 is 0 Å². The van der Waals surface area contributed by atoms with E-state index >= 15 is 0 Å². The standard InChI is InChI=1S/C8H15N2O2/c1-6-7(2,3)10(12)8(4,5)9(6)11/h1-5H3. The Hall–Kier alpha value is -0.610. The summed E-state index contributed by atoms with van der Waals surface area (Å²) in [4.78, 5) is 0. The lowest BCUT2D eigenvalue weighted by atomic mass is 10.0. The van der Waals surface area contributed by atoms with Crippen LogP contribution < -0.4 is 0 Å². The number of rotatable bonds is 0. The Balaban J connectivity index is 3.22. The third kappa shape index (κ3) is 0.881. The second kappa shape index (κ2) is 2.20. The largest absolute Gasteiger partial charge is 0.622 e. The molecule has 12 heavy (non-hydrogen) atoms. The molecule has 0 aromatic rings. The first-order valence-corrected chi connectivity index (χ1v) is 4.01. The molecule has 0 atom stereocenters. The van der Waals surface area contributed by atoms with Crippen LogP contribution in [0.5, 0.6) is 0 Å². The van der Waals surface area contributed by atoms with E-state index in [1.54, 1.807) is 34.6 Å². The first-order chi connectivity index (χ1) is 5.22. The molecule has 0 N–H and O–H groups in total. The number of hydrogen-bond donors (Lipinski definition) is 0. The second-order valence-electron chi connectivity index (χ2n) is 4.23. The van der Waals surface area contributed by atoms with Crippen molar-refractivity contribution in [2.75, 3.05) is 0 Å². The van der Waals surface area contributed by atoms with Crippen LogP contribution in [-0.2, 0) is 5.21 Å². The molecule has 1 aliphatic rings. The van der Waals surface area contributed by atoms with Gasteiger partial charge in [-0.05, 0) is 13.8 Å². The predicted molar refractivity (Wildman–Crippen MR) is 45.0 cm³/mol. The maximum Gasteiger partial charge on any atom is 0.248 e. The third-order valence-corrected chi connectivity index (χ3v) is 2.69. The maximum absolute atomic E-state index is 11.6. The average molecular weight is 171 g/mol. The molecule has 69 valence electrons. The lowest BCUT2D eigenvalue weighted by Crippen LogP contribution is -2.50. The molecule has 0 spiro atoms. The van der Waals surface area contributed by atoms with Crippen molar-refractivity contribution < 1.29 is 9.95 Å². The summed E-state index contributed by atoms with van der Waals surface area (Å²) in [7, 11) is 0. The molecule has 4 nitrogen and oxygen atoms in total. The number of hydrogen-bond acceptors (Lipinski definition) is 2. The van der Waals surface area contributed by atoms with Crippen molar-refractivity contribution in [1.29, 1.82) is 0 Å². The Labute approximate surface area is 72.6 Å². The van der Waals surface area contributed by atoms with E-state index in [4.69, 9.17) is 0 Å². The average Bonchev–Trinajstić information content (AvgIpc) is 2.06. The molecule has 0 saturated heterocycles. The van der Waals surface area contributed by atoms with Crippen LogP contribution in [-0.4, -0.2) is 26.7 Å². The SMILES string of the molecule is CC1=[N+]([O-])C(C)(C)N([O])C1(C)C. The van der Waals surface area contributed by atoms with E-state index in [0.29, 0.717) is 5.71 Å². The zero-order valence-electron chi connectivity index (χ0n) is 8.21. The van der Waals surface area contributed by atoms with Gasteiger partial charge in [0, 0.05) is 20.8 Å². The zero-order valence-corrected chi connectivity index (χ0v) is 8.21. The molecule has 0 aliphatic carbocycles. The monoisotopic (exact) mass is 171 g/mol. The van der Waals surface area contributed by atoms with Crippen molar-refractivity contribution in [3.63, 3.8) is 0 Å². The summed E-state index contributed by atoms with van der Waals surface area (Å²) in [6, 6.07) is 0. The van der Waals surface area contributed by atoms with Gasteiger partial charge in [-0.25, -0.2) is 0 Å². The van der Waals surface area contributed by atoms with Crippen molar-refractivity contribution in [2.45, 2.75) is 45.8 Å². The highest BCUT2D eigenvalue weighted by atomic mass is 16.6. The van der Waals surface area contributed by atoms with Crippen molar-refractivity contribution in [3.05, 3.63) is 5.21 Å². The molecule has 0 saturated carbocycles. The lowest BCUT2D eigenvalue weighted by molar-refractivity contribution is -0.587. The van der Waals surface area contributed by atoms with Gasteiger partial charge in [0.2, 0.25) is 5.66 Å². The number of hydroxylamine groups is 3. The quantitative estimate of drug-likeness (QED) is 0.405. The summed E-state index contributed by atoms with van der Waals surface area (Å²) in [6.07, 6.45) is 0. The van der Waals surface area contributed by atoms with Crippen LogP contribution in [0.15, 0.2) is 0 Å². The first kappa shape index (κ1) is 9.48. The van der Waals surface area contributed by atoms with Gasteiger partial charge in [0.1, 0.15) is 5.54 Å². The Bertz CT molecular complexity index is 219. The highest BCUT2D eigenvalue weighted by molar-refractivity contribution is 5.87. The summed E-state index contributed by atoms with van der Waals surface area (Å²) in [5.74, 6) is 0. The Morgan fingerprint density at radius 3 is 1.83 bits per heavy atom. The van der Waals surface area contributed by atoms with E-state index in [0.717, 1.165) is 9.80 Å². The summed E-state index contributed by atoms with van der Waals surface area (Å²) in [5.41, 5.74) is -1.07. The van der Waals surface area contributed by atoms with Crippen LogP contribution in [0.2, 0.25) is 0 Å². The van der Waals surface area contributed by atoms with Gasteiger partial charge in [-0.3, -0.25) is 0 Å². The molecule has 0 aromatic carbocycles. The van der Waals surface area contributed by atoms with E-state index < -0.39 is 11.2 Å². The van der Waals surface area contributed by atoms with Crippen LogP contribution in [0.25, 0.3) is 0 Å². The highest BCUT2D eigenvalue weighted by Crippen LogP contribution is 2.31. The summed E-state index contributed by atoms with van der Waals surface area (Å²) in [5, 5.41) is 24.0. The molecule has 1 rings (SSSR count). The lowest BCUT2D eigenvalue weighted by Gasteiger charge is -2.27. The zero-order chi connectivity index (χ0) is 9.73. The normalized spacial score (nSPS) is 28.2. The molecule has 0 fully saturated rings. The first-order valence-electron chi connectivity index (χ1n) is 4.01. The molecule has 0 aromatic heterocycles. The molecule has 1 heterocycles.